The molecule has 0 fully saturated rings. The molecule has 1 heterocycles. The van der Waals surface area contributed by atoms with Crippen molar-refractivity contribution in [2.24, 2.45) is 0 Å². The van der Waals surface area contributed by atoms with Crippen LogP contribution in [0.15, 0.2) is 36.7 Å². The molecule has 0 spiro atoms. The van der Waals surface area contributed by atoms with Gasteiger partial charge in [-0.25, -0.2) is 0 Å². The molecule has 0 saturated carbocycles. The average molecular weight is 282 g/mol. The molecule has 0 atom stereocenters. The van der Waals surface area contributed by atoms with Crippen LogP contribution >= 0.6 is 23.2 Å². The molecule has 18 heavy (non-hydrogen) atoms. The zero-order chi connectivity index (χ0) is 13.1. The van der Waals surface area contributed by atoms with Crippen LogP contribution in [-0.4, -0.2) is 17.9 Å². The molecule has 0 unspecified atom stereocenters. The lowest BCUT2D eigenvalue weighted by Gasteiger charge is -2.07. The number of rotatable bonds is 3. The summed E-state index contributed by atoms with van der Waals surface area (Å²) in [6.45, 7) is 0. The van der Waals surface area contributed by atoms with Crippen molar-refractivity contribution >= 4 is 29.0 Å². The molecule has 0 aliphatic heterocycles. The van der Waals surface area contributed by atoms with E-state index in [9.17, 15) is 4.79 Å². The molecule has 0 saturated heterocycles. The minimum atomic E-state index is -0.187. The predicted octanol–water partition coefficient (Wildman–Crippen LogP) is 3.63. The van der Waals surface area contributed by atoms with E-state index >= 15 is 0 Å². The van der Waals surface area contributed by atoms with Crippen LogP contribution in [-0.2, 0) is 0 Å². The number of aromatic nitrogens is 1. The highest BCUT2D eigenvalue weighted by Crippen LogP contribution is 2.26. The van der Waals surface area contributed by atoms with Crippen LogP contribution in [0.1, 0.15) is 15.9 Å². The summed E-state index contributed by atoms with van der Waals surface area (Å²) in [6, 6.07) is 6.34. The number of hydrogen-bond acceptors (Lipinski definition) is 3. The zero-order valence-electron chi connectivity index (χ0n) is 9.48. The summed E-state index contributed by atoms with van der Waals surface area (Å²) in [6.07, 6.45) is 3.03. The number of hydrogen-bond donors (Lipinski definition) is 0. The fourth-order valence-electron chi connectivity index (χ4n) is 1.52. The van der Waals surface area contributed by atoms with Gasteiger partial charge < -0.3 is 4.74 Å². The van der Waals surface area contributed by atoms with E-state index in [1.54, 1.807) is 18.2 Å². The summed E-state index contributed by atoms with van der Waals surface area (Å²) >= 11 is 11.7. The van der Waals surface area contributed by atoms with E-state index in [2.05, 4.69) is 4.98 Å². The van der Waals surface area contributed by atoms with E-state index in [4.69, 9.17) is 27.9 Å². The average Bonchev–Trinajstić information content (AvgIpc) is 2.41. The Bertz CT molecular complexity index is 599. The van der Waals surface area contributed by atoms with Crippen molar-refractivity contribution in [1.29, 1.82) is 0 Å². The second-order valence-corrected chi connectivity index (χ2v) is 4.35. The molecule has 2 aromatic rings. The van der Waals surface area contributed by atoms with Gasteiger partial charge in [-0.1, -0.05) is 23.2 Å². The van der Waals surface area contributed by atoms with Gasteiger partial charge in [-0.2, -0.15) is 0 Å². The van der Waals surface area contributed by atoms with Crippen molar-refractivity contribution in [2.45, 2.75) is 0 Å². The molecule has 3 nitrogen and oxygen atoms in total. The first kappa shape index (κ1) is 12.9. The van der Waals surface area contributed by atoms with Crippen molar-refractivity contribution < 1.29 is 9.53 Å². The fraction of sp³-hybridized carbons (Fsp3) is 0.0769. The lowest BCUT2D eigenvalue weighted by atomic mass is 10.0. The summed E-state index contributed by atoms with van der Waals surface area (Å²) < 4.78 is 5.10. The third-order valence-electron chi connectivity index (χ3n) is 2.43. The fourth-order valence-corrected chi connectivity index (χ4v) is 1.82. The first-order chi connectivity index (χ1) is 8.63. The molecule has 2 rings (SSSR count). The zero-order valence-corrected chi connectivity index (χ0v) is 11.0. The topological polar surface area (TPSA) is 39.2 Å². The van der Waals surface area contributed by atoms with Gasteiger partial charge in [-0.05, 0) is 24.3 Å². The van der Waals surface area contributed by atoms with Crippen LogP contribution < -0.4 is 4.74 Å². The Morgan fingerprint density at radius 3 is 2.67 bits per heavy atom. The van der Waals surface area contributed by atoms with E-state index in [0.29, 0.717) is 26.9 Å². The van der Waals surface area contributed by atoms with Gasteiger partial charge in [-0.15, -0.1) is 0 Å². The highest BCUT2D eigenvalue weighted by molar-refractivity contribution is 6.42. The smallest absolute Gasteiger partial charge is 0.196 e. The van der Waals surface area contributed by atoms with E-state index in [1.807, 2.05) is 0 Å². The molecule has 0 N–H and O–H groups in total. The van der Waals surface area contributed by atoms with Crippen LogP contribution in [0, 0.1) is 0 Å². The van der Waals surface area contributed by atoms with Crippen molar-refractivity contribution in [3.63, 3.8) is 0 Å². The number of halogens is 2. The quantitative estimate of drug-likeness (QED) is 0.807. The van der Waals surface area contributed by atoms with Crippen LogP contribution in [0.25, 0.3) is 0 Å². The van der Waals surface area contributed by atoms with Gasteiger partial charge in [-0.3, -0.25) is 9.78 Å². The van der Waals surface area contributed by atoms with E-state index < -0.39 is 0 Å². The summed E-state index contributed by atoms with van der Waals surface area (Å²) in [7, 11) is 1.49. The number of carbonyl (C=O) groups is 1. The summed E-state index contributed by atoms with van der Waals surface area (Å²) in [4.78, 5) is 16.2. The van der Waals surface area contributed by atoms with Gasteiger partial charge in [0.05, 0.1) is 28.9 Å². The monoisotopic (exact) mass is 281 g/mol. The largest absolute Gasteiger partial charge is 0.494 e. The molecular weight excluding hydrogens is 273 g/mol. The molecule has 1 aromatic heterocycles. The predicted molar refractivity (Wildman–Crippen MR) is 70.7 cm³/mol. The highest BCUT2D eigenvalue weighted by Gasteiger charge is 2.15. The Morgan fingerprint density at radius 2 is 2.00 bits per heavy atom. The third kappa shape index (κ3) is 2.47. The number of nitrogens with zero attached hydrogens (tertiary/aromatic N) is 1. The first-order valence-electron chi connectivity index (χ1n) is 5.11. The van der Waals surface area contributed by atoms with E-state index in [-0.39, 0.29) is 5.78 Å². The molecule has 0 aliphatic carbocycles. The van der Waals surface area contributed by atoms with Crippen LogP contribution in [0.5, 0.6) is 5.75 Å². The first-order valence-corrected chi connectivity index (χ1v) is 5.87. The molecule has 0 bridgehead atoms. The van der Waals surface area contributed by atoms with Crippen molar-refractivity contribution in [3.05, 3.63) is 57.8 Å². The standard InChI is InChI=1S/C13H9Cl2NO2/c1-18-12-7-16-5-4-9(12)13(17)8-2-3-10(14)11(15)6-8/h2-7H,1H3. The lowest BCUT2D eigenvalue weighted by Crippen LogP contribution is -2.04. The van der Waals surface area contributed by atoms with Crippen molar-refractivity contribution in [3.8, 4) is 5.75 Å². The Morgan fingerprint density at radius 1 is 1.22 bits per heavy atom. The summed E-state index contributed by atoms with van der Waals surface area (Å²) in [5.41, 5.74) is 0.889. The Kier molecular flexibility index (Phi) is 3.84. The van der Waals surface area contributed by atoms with Crippen molar-refractivity contribution in [2.75, 3.05) is 7.11 Å². The van der Waals surface area contributed by atoms with Gasteiger partial charge in [0.1, 0.15) is 5.75 Å². The van der Waals surface area contributed by atoms with Crippen LogP contribution in [0.4, 0.5) is 0 Å². The van der Waals surface area contributed by atoms with E-state index in [1.165, 1.54) is 25.6 Å². The Labute approximate surface area is 114 Å². The van der Waals surface area contributed by atoms with E-state index in [0.717, 1.165) is 0 Å². The maximum Gasteiger partial charge on any atom is 0.196 e. The molecule has 0 amide bonds. The molecule has 5 heteroatoms. The number of benzene rings is 1. The third-order valence-corrected chi connectivity index (χ3v) is 3.17. The molecule has 0 radical (unpaired) electrons. The van der Waals surface area contributed by atoms with Gasteiger partial charge in [0.25, 0.3) is 0 Å². The van der Waals surface area contributed by atoms with Crippen molar-refractivity contribution in [1.82, 2.24) is 4.98 Å². The molecule has 0 aliphatic rings. The Balaban J connectivity index is 2.44. The second kappa shape index (κ2) is 5.38. The van der Waals surface area contributed by atoms with Gasteiger partial charge in [0, 0.05) is 11.8 Å². The summed E-state index contributed by atoms with van der Waals surface area (Å²) in [5.74, 6) is 0.237. The van der Waals surface area contributed by atoms with Gasteiger partial charge >= 0.3 is 0 Å². The minimum Gasteiger partial charge on any atom is -0.494 e. The maximum atomic E-state index is 12.3. The van der Waals surface area contributed by atoms with Crippen LogP contribution in [0.2, 0.25) is 10.0 Å². The van der Waals surface area contributed by atoms with Gasteiger partial charge in [0.2, 0.25) is 0 Å². The molecular formula is C13H9Cl2NO2. The normalized spacial score (nSPS) is 10.2. The molecule has 1 aromatic carbocycles. The number of pyridine rings is 1. The Hall–Kier alpha value is -1.58. The highest BCUT2D eigenvalue weighted by atomic mass is 35.5. The number of methoxy groups -OCH3 is 1. The number of ketones is 1. The number of carbonyl (C=O) groups excluding carboxylic acids is 1. The van der Waals surface area contributed by atoms with Crippen LogP contribution in [0.3, 0.4) is 0 Å². The maximum absolute atomic E-state index is 12.3. The minimum absolute atomic E-state index is 0.187. The molecule has 92 valence electrons. The van der Waals surface area contributed by atoms with Gasteiger partial charge in [0.15, 0.2) is 5.78 Å². The SMILES string of the molecule is COc1cnccc1C(=O)c1ccc(Cl)c(Cl)c1. The lowest BCUT2D eigenvalue weighted by molar-refractivity contribution is 0.103. The second-order valence-electron chi connectivity index (χ2n) is 3.53. The number of ether oxygens (including phenoxy) is 1. The summed E-state index contributed by atoms with van der Waals surface area (Å²) in [5, 5.41) is 0.755.